The van der Waals surface area contributed by atoms with Crippen LogP contribution < -0.4 is 0 Å². The maximum Gasteiger partial charge on any atom is 0.303 e. The molecule has 0 aromatic carbocycles. The fraction of sp³-hybridized carbons (Fsp3) is 0.692. The van der Waals surface area contributed by atoms with Gasteiger partial charge in [0.05, 0.1) is 6.10 Å². The van der Waals surface area contributed by atoms with Crippen LogP contribution in [0.15, 0.2) is 23.8 Å². The van der Waals surface area contributed by atoms with Crippen molar-refractivity contribution in [1.29, 1.82) is 0 Å². The molecule has 8 heteroatoms. The zero-order valence-corrected chi connectivity index (χ0v) is 20.2. The lowest BCUT2D eigenvalue weighted by atomic mass is 9.46. The van der Waals surface area contributed by atoms with E-state index in [1.54, 1.807) is 6.08 Å². The summed E-state index contributed by atoms with van der Waals surface area (Å²) in [5, 5.41) is 0. The van der Waals surface area contributed by atoms with Gasteiger partial charge in [-0.05, 0) is 55.7 Å². The molecule has 184 valence electrons. The molecule has 0 amide bonds. The van der Waals surface area contributed by atoms with Crippen molar-refractivity contribution in [2.75, 3.05) is 6.61 Å². The van der Waals surface area contributed by atoms with Crippen molar-refractivity contribution in [2.45, 2.75) is 77.4 Å². The van der Waals surface area contributed by atoms with E-state index < -0.39 is 52.5 Å². The van der Waals surface area contributed by atoms with E-state index in [0.29, 0.717) is 18.4 Å². The Kier molecular flexibility index (Phi) is 4.88. The molecule has 5 rings (SSSR count). The SMILES string of the molecule is CC(=O)OCC(=O)[C@]1(OC(C)=O)[C@@H](C)C[C@H]2[C@@H]3C[C@H](F)C4=CC(=O)C=C[C@]4(C)C34OC4C[C@@]21C. The average molecular weight is 475 g/mol. The summed E-state index contributed by atoms with van der Waals surface area (Å²) in [6.07, 6.45) is 4.27. The molecule has 1 spiro atoms. The van der Waals surface area contributed by atoms with Gasteiger partial charge in [-0.3, -0.25) is 19.2 Å². The van der Waals surface area contributed by atoms with Crippen molar-refractivity contribution >= 4 is 23.5 Å². The first kappa shape index (κ1) is 23.4. The van der Waals surface area contributed by atoms with Crippen molar-refractivity contribution in [3.63, 3.8) is 0 Å². The number of esters is 2. The molecule has 5 aliphatic rings. The second kappa shape index (κ2) is 7.09. The van der Waals surface area contributed by atoms with Crippen molar-refractivity contribution in [3.05, 3.63) is 23.8 Å². The van der Waals surface area contributed by atoms with Gasteiger partial charge in [-0.1, -0.05) is 19.9 Å². The number of halogens is 1. The maximum atomic E-state index is 15.6. The molecule has 0 bridgehead atoms. The Hall–Kier alpha value is -2.35. The fourth-order valence-electron chi connectivity index (χ4n) is 8.33. The number of hydrogen-bond donors (Lipinski definition) is 0. The van der Waals surface area contributed by atoms with E-state index in [9.17, 15) is 19.2 Å². The van der Waals surface area contributed by atoms with Gasteiger partial charge in [0.1, 0.15) is 11.8 Å². The van der Waals surface area contributed by atoms with E-state index in [2.05, 4.69) is 0 Å². The minimum Gasteiger partial charge on any atom is -0.458 e. The van der Waals surface area contributed by atoms with Crippen molar-refractivity contribution in [3.8, 4) is 0 Å². The van der Waals surface area contributed by atoms with Crippen LogP contribution >= 0.6 is 0 Å². The van der Waals surface area contributed by atoms with Gasteiger partial charge in [0.15, 0.2) is 18.0 Å². The number of allylic oxidation sites excluding steroid dienone is 2. The summed E-state index contributed by atoms with van der Waals surface area (Å²) in [6, 6.07) is 0. The lowest BCUT2D eigenvalue weighted by molar-refractivity contribution is -0.193. The van der Waals surface area contributed by atoms with Gasteiger partial charge >= 0.3 is 11.9 Å². The number of fused-ring (bicyclic) bond motifs is 3. The lowest BCUT2D eigenvalue weighted by Crippen LogP contribution is -2.64. The highest BCUT2D eigenvalue weighted by Gasteiger charge is 2.83. The molecule has 1 heterocycles. The van der Waals surface area contributed by atoms with Crippen LogP contribution in [0, 0.1) is 28.6 Å². The quantitative estimate of drug-likeness (QED) is 0.456. The number of ether oxygens (including phenoxy) is 3. The predicted octanol–water partition coefficient (Wildman–Crippen LogP) is 3.05. The molecule has 0 N–H and O–H groups in total. The summed E-state index contributed by atoms with van der Waals surface area (Å²) in [6.45, 7) is 7.75. The summed E-state index contributed by atoms with van der Waals surface area (Å²) < 4.78 is 33.0. The summed E-state index contributed by atoms with van der Waals surface area (Å²) >= 11 is 0. The van der Waals surface area contributed by atoms with Crippen molar-refractivity contribution in [1.82, 2.24) is 0 Å². The van der Waals surface area contributed by atoms with E-state index in [1.807, 2.05) is 20.8 Å². The Morgan fingerprint density at radius 2 is 1.85 bits per heavy atom. The lowest BCUT2D eigenvalue weighted by Gasteiger charge is -2.56. The maximum absolute atomic E-state index is 15.6. The molecule has 0 aromatic heterocycles. The van der Waals surface area contributed by atoms with Crippen LogP contribution in [0.3, 0.4) is 0 Å². The molecule has 0 radical (unpaired) electrons. The average Bonchev–Trinajstić information content (AvgIpc) is 3.42. The minimum absolute atomic E-state index is 0.162. The molecule has 1 saturated heterocycles. The van der Waals surface area contributed by atoms with Gasteiger partial charge in [0.25, 0.3) is 0 Å². The Morgan fingerprint density at radius 1 is 1.15 bits per heavy atom. The molecule has 4 aliphatic carbocycles. The molecule has 1 aliphatic heterocycles. The largest absolute Gasteiger partial charge is 0.458 e. The third-order valence-electron chi connectivity index (χ3n) is 9.59. The number of Topliss-reactive ketones (excluding diaryl/α,β-unsaturated/α-hetero) is 1. The first-order chi connectivity index (χ1) is 15.8. The van der Waals surface area contributed by atoms with Crippen LogP contribution in [-0.2, 0) is 33.4 Å². The number of epoxide rings is 1. The van der Waals surface area contributed by atoms with Crippen LogP contribution in [0.1, 0.15) is 53.9 Å². The summed E-state index contributed by atoms with van der Waals surface area (Å²) in [5.41, 5.74) is -3.28. The molecule has 9 atom stereocenters. The Labute approximate surface area is 198 Å². The summed E-state index contributed by atoms with van der Waals surface area (Å²) in [7, 11) is 0. The van der Waals surface area contributed by atoms with E-state index in [4.69, 9.17) is 14.2 Å². The Balaban J connectivity index is 1.59. The van der Waals surface area contributed by atoms with E-state index >= 15 is 4.39 Å². The van der Waals surface area contributed by atoms with E-state index in [-0.39, 0.29) is 36.1 Å². The third-order valence-corrected chi connectivity index (χ3v) is 9.59. The molecule has 34 heavy (non-hydrogen) atoms. The van der Waals surface area contributed by atoms with Crippen LogP contribution in [0.2, 0.25) is 0 Å². The van der Waals surface area contributed by atoms with Gasteiger partial charge in [-0.25, -0.2) is 4.39 Å². The molecule has 0 aromatic rings. The number of hydrogen-bond acceptors (Lipinski definition) is 7. The van der Waals surface area contributed by atoms with Gasteiger partial charge in [0.2, 0.25) is 5.78 Å². The Morgan fingerprint density at radius 3 is 2.50 bits per heavy atom. The van der Waals surface area contributed by atoms with Crippen LogP contribution in [-0.4, -0.2) is 53.6 Å². The van der Waals surface area contributed by atoms with E-state index in [1.165, 1.54) is 26.0 Å². The second-order valence-electron chi connectivity index (χ2n) is 11.1. The number of carbonyl (C=O) groups is 4. The summed E-state index contributed by atoms with van der Waals surface area (Å²) in [5.74, 6) is -2.59. The van der Waals surface area contributed by atoms with Gasteiger partial charge in [0, 0.05) is 30.6 Å². The topological polar surface area (TPSA) is 99.3 Å². The molecular weight excluding hydrogens is 443 g/mol. The highest BCUT2D eigenvalue weighted by atomic mass is 19.1. The first-order valence-corrected chi connectivity index (χ1v) is 12.0. The number of ketones is 2. The van der Waals surface area contributed by atoms with Crippen molar-refractivity contribution in [2.24, 2.45) is 28.6 Å². The Bertz CT molecular complexity index is 1060. The second-order valence-corrected chi connectivity index (χ2v) is 11.1. The monoisotopic (exact) mass is 474 g/mol. The minimum atomic E-state index is -1.50. The zero-order chi connectivity index (χ0) is 24.8. The first-order valence-electron chi connectivity index (χ1n) is 12.0. The zero-order valence-electron chi connectivity index (χ0n) is 20.2. The molecule has 3 saturated carbocycles. The molecular formula is C26H31FO7. The summed E-state index contributed by atoms with van der Waals surface area (Å²) in [4.78, 5) is 49.4. The predicted molar refractivity (Wildman–Crippen MR) is 117 cm³/mol. The van der Waals surface area contributed by atoms with Crippen LogP contribution in [0.25, 0.3) is 0 Å². The van der Waals surface area contributed by atoms with Crippen LogP contribution in [0.5, 0.6) is 0 Å². The van der Waals surface area contributed by atoms with E-state index in [0.717, 1.165) is 0 Å². The number of alkyl halides is 1. The van der Waals surface area contributed by atoms with Gasteiger partial charge in [-0.2, -0.15) is 0 Å². The normalized spacial score (nSPS) is 48.0. The number of rotatable bonds is 4. The molecule has 7 nitrogen and oxygen atoms in total. The molecule has 2 unspecified atom stereocenters. The molecule has 4 fully saturated rings. The fourth-order valence-corrected chi connectivity index (χ4v) is 8.33. The van der Waals surface area contributed by atoms with Crippen molar-refractivity contribution < 1.29 is 37.8 Å². The number of carbonyl (C=O) groups excluding carboxylic acids is 4. The highest BCUT2D eigenvalue weighted by molar-refractivity contribution is 6.01. The third kappa shape index (κ3) is 2.66. The van der Waals surface area contributed by atoms with Gasteiger partial charge in [-0.15, -0.1) is 0 Å². The standard InChI is InChI=1S/C26H31FO7/c1-13-8-17-18-10-20(27)19-9-16(30)6-7-23(19,4)26(18)22(34-26)11-24(17,5)25(13,33-15(3)29)21(31)12-32-14(2)28/h6-7,9,13,17-18,20,22H,8,10-12H2,1-5H3/t13-,17-,18-,20-,22?,23-,24-,25+,26?/m0/s1. The van der Waals surface area contributed by atoms with Gasteiger partial charge < -0.3 is 14.2 Å². The van der Waals surface area contributed by atoms with Crippen LogP contribution in [0.4, 0.5) is 4.39 Å². The highest BCUT2D eigenvalue weighted by Crippen LogP contribution is 2.77. The smallest absolute Gasteiger partial charge is 0.303 e.